The number of rotatable bonds is 11. The first-order valence-electron chi connectivity index (χ1n) is 9.60. The fraction of sp³-hybridized carbons (Fsp3) is 0.650. The van der Waals surface area contributed by atoms with Gasteiger partial charge in [-0.15, -0.1) is 0 Å². The maximum atomic E-state index is 14.3. The number of likely N-dealkylation sites (N-methyl/N-ethyl adjacent to an activating group) is 1. The zero-order valence-electron chi connectivity index (χ0n) is 16.9. The van der Waals surface area contributed by atoms with Crippen molar-refractivity contribution in [3.63, 3.8) is 0 Å². The number of hydrogen-bond acceptors (Lipinski definition) is 4. The third-order valence-corrected chi connectivity index (χ3v) is 4.67. The summed E-state index contributed by atoms with van der Waals surface area (Å²) in [6.07, 6.45) is 2.38. The summed E-state index contributed by atoms with van der Waals surface area (Å²) in [6.45, 7) is 5.83. The van der Waals surface area contributed by atoms with Crippen LogP contribution in [-0.4, -0.2) is 64.9 Å². The number of guanidine groups is 1. The Morgan fingerprint density at radius 1 is 1.37 bits per heavy atom. The summed E-state index contributed by atoms with van der Waals surface area (Å²) >= 11 is 0. The third-order valence-electron chi connectivity index (χ3n) is 4.67. The molecule has 1 saturated carbocycles. The minimum Gasteiger partial charge on any atom is -0.490 e. The third kappa shape index (κ3) is 7.72. The number of hydrogen-bond donors (Lipinski definition) is 2. The van der Waals surface area contributed by atoms with Gasteiger partial charge in [-0.2, -0.15) is 0 Å². The fourth-order valence-electron chi connectivity index (χ4n) is 2.60. The minimum absolute atomic E-state index is 0.0746. The van der Waals surface area contributed by atoms with Gasteiger partial charge < -0.3 is 25.0 Å². The highest BCUT2D eigenvalue weighted by Gasteiger charge is 2.22. The molecule has 1 aromatic rings. The average Bonchev–Trinajstić information content (AvgIpc) is 3.48. The molecule has 0 bridgehead atoms. The first-order chi connectivity index (χ1) is 13.0. The van der Waals surface area contributed by atoms with Crippen molar-refractivity contribution in [1.29, 1.82) is 0 Å². The fourth-order valence-corrected chi connectivity index (χ4v) is 2.60. The van der Waals surface area contributed by atoms with E-state index in [1.807, 2.05) is 13.0 Å². The molecule has 0 radical (unpaired) electrons. The van der Waals surface area contributed by atoms with Crippen LogP contribution in [0.5, 0.6) is 5.75 Å². The Kier molecular flexibility index (Phi) is 8.81. The Morgan fingerprint density at radius 2 is 2.15 bits per heavy atom. The second-order valence-electron chi connectivity index (χ2n) is 7.11. The highest BCUT2D eigenvalue weighted by atomic mass is 19.1. The zero-order valence-corrected chi connectivity index (χ0v) is 16.9. The number of nitrogens with zero attached hydrogens (tertiary/aromatic N) is 2. The standard InChI is InChI=1S/C20H33FN4O2/c1-15(24-20(22-2)23-9-10-25(3)11-12-26-4)17-7-8-19(18(21)13-17)27-14-16-5-6-16/h7-8,13,15-16H,5-6,9-12,14H2,1-4H3,(H2,22,23,24). The SMILES string of the molecule is CN=C(NCCN(C)CCOC)NC(C)c1ccc(OCC2CC2)c(F)c1. The quantitative estimate of drug-likeness (QED) is 0.456. The van der Waals surface area contributed by atoms with Crippen molar-refractivity contribution in [2.75, 3.05) is 54.1 Å². The van der Waals surface area contributed by atoms with E-state index in [4.69, 9.17) is 9.47 Å². The summed E-state index contributed by atoms with van der Waals surface area (Å²) < 4.78 is 24.9. The summed E-state index contributed by atoms with van der Waals surface area (Å²) in [4.78, 5) is 6.42. The van der Waals surface area contributed by atoms with Crippen LogP contribution in [0.1, 0.15) is 31.4 Å². The van der Waals surface area contributed by atoms with Crippen LogP contribution in [0.4, 0.5) is 4.39 Å². The molecule has 0 aliphatic heterocycles. The molecule has 2 rings (SSSR count). The predicted octanol–water partition coefficient (Wildman–Crippen LogP) is 2.42. The van der Waals surface area contributed by atoms with Crippen molar-refractivity contribution in [3.05, 3.63) is 29.6 Å². The molecule has 0 saturated heterocycles. The van der Waals surface area contributed by atoms with Crippen molar-refractivity contribution < 1.29 is 13.9 Å². The van der Waals surface area contributed by atoms with Crippen molar-refractivity contribution in [1.82, 2.24) is 15.5 Å². The average molecular weight is 381 g/mol. The minimum atomic E-state index is -0.315. The highest BCUT2D eigenvalue weighted by molar-refractivity contribution is 5.80. The van der Waals surface area contributed by atoms with E-state index in [-0.39, 0.29) is 11.9 Å². The van der Waals surface area contributed by atoms with Crippen LogP contribution in [0.25, 0.3) is 0 Å². The topological polar surface area (TPSA) is 58.1 Å². The maximum Gasteiger partial charge on any atom is 0.191 e. The largest absolute Gasteiger partial charge is 0.490 e. The molecule has 6 nitrogen and oxygen atoms in total. The van der Waals surface area contributed by atoms with Gasteiger partial charge in [-0.25, -0.2) is 4.39 Å². The van der Waals surface area contributed by atoms with E-state index >= 15 is 0 Å². The number of nitrogens with one attached hydrogen (secondary N) is 2. The second-order valence-corrected chi connectivity index (χ2v) is 7.11. The van der Waals surface area contributed by atoms with Crippen LogP contribution < -0.4 is 15.4 Å². The zero-order chi connectivity index (χ0) is 19.6. The van der Waals surface area contributed by atoms with Gasteiger partial charge in [-0.3, -0.25) is 4.99 Å². The Labute approximate surface area is 162 Å². The summed E-state index contributed by atoms with van der Waals surface area (Å²) in [5.41, 5.74) is 0.853. The molecule has 1 aliphatic rings. The molecule has 0 heterocycles. The van der Waals surface area contributed by atoms with Gasteiger partial charge in [0.2, 0.25) is 0 Å². The number of halogens is 1. The van der Waals surface area contributed by atoms with Crippen molar-refractivity contribution >= 4 is 5.96 Å². The lowest BCUT2D eigenvalue weighted by atomic mass is 10.1. The van der Waals surface area contributed by atoms with Gasteiger partial charge in [0.25, 0.3) is 0 Å². The van der Waals surface area contributed by atoms with Gasteiger partial charge in [0.15, 0.2) is 17.5 Å². The smallest absolute Gasteiger partial charge is 0.191 e. The van der Waals surface area contributed by atoms with E-state index in [1.54, 1.807) is 20.2 Å². The maximum absolute atomic E-state index is 14.3. The number of benzene rings is 1. The molecule has 0 spiro atoms. The van der Waals surface area contributed by atoms with E-state index < -0.39 is 0 Å². The molecule has 1 aliphatic carbocycles. The molecule has 0 amide bonds. The first-order valence-corrected chi connectivity index (χ1v) is 9.60. The van der Waals surface area contributed by atoms with E-state index in [0.29, 0.717) is 30.8 Å². The van der Waals surface area contributed by atoms with Gasteiger partial charge in [-0.05, 0) is 50.4 Å². The molecular formula is C20H33FN4O2. The Balaban J connectivity index is 1.79. The van der Waals surface area contributed by atoms with Crippen LogP contribution in [0.3, 0.4) is 0 Å². The van der Waals surface area contributed by atoms with Gasteiger partial charge in [-0.1, -0.05) is 6.07 Å². The Bertz CT molecular complexity index is 608. The van der Waals surface area contributed by atoms with Crippen LogP contribution in [0.2, 0.25) is 0 Å². The molecule has 1 fully saturated rings. The Hall–Kier alpha value is -1.86. The molecular weight excluding hydrogens is 347 g/mol. The van der Waals surface area contributed by atoms with Gasteiger partial charge in [0, 0.05) is 33.8 Å². The van der Waals surface area contributed by atoms with Crippen molar-refractivity contribution in [3.8, 4) is 5.75 Å². The Morgan fingerprint density at radius 3 is 2.78 bits per heavy atom. The molecule has 1 atom stereocenters. The first kappa shape index (κ1) is 21.4. The molecule has 1 unspecified atom stereocenters. The summed E-state index contributed by atoms with van der Waals surface area (Å²) in [5.74, 6) is 1.31. The van der Waals surface area contributed by atoms with E-state index in [1.165, 1.54) is 18.9 Å². The predicted molar refractivity (Wildman–Crippen MR) is 107 cm³/mol. The van der Waals surface area contributed by atoms with Gasteiger partial charge >= 0.3 is 0 Å². The monoisotopic (exact) mass is 380 g/mol. The lowest BCUT2D eigenvalue weighted by Crippen LogP contribution is -2.42. The lowest BCUT2D eigenvalue weighted by molar-refractivity contribution is 0.162. The summed E-state index contributed by atoms with van der Waals surface area (Å²) in [7, 11) is 5.48. The molecule has 27 heavy (non-hydrogen) atoms. The van der Waals surface area contributed by atoms with Crippen LogP contribution in [0.15, 0.2) is 23.2 Å². The number of methoxy groups -OCH3 is 1. The van der Waals surface area contributed by atoms with E-state index in [9.17, 15) is 4.39 Å². The van der Waals surface area contributed by atoms with Crippen molar-refractivity contribution in [2.45, 2.75) is 25.8 Å². The van der Waals surface area contributed by atoms with Gasteiger partial charge in [0.05, 0.1) is 19.3 Å². The van der Waals surface area contributed by atoms with E-state index in [0.717, 1.165) is 25.2 Å². The molecule has 152 valence electrons. The van der Waals surface area contributed by atoms with Crippen LogP contribution >= 0.6 is 0 Å². The summed E-state index contributed by atoms with van der Waals surface area (Å²) in [5, 5.41) is 6.58. The van der Waals surface area contributed by atoms with Gasteiger partial charge in [0.1, 0.15) is 0 Å². The molecule has 1 aromatic carbocycles. The molecule has 2 N–H and O–H groups in total. The number of ether oxygens (including phenoxy) is 2. The van der Waals surface area contributed by atoms with Crippen molar-refractivity contribution in [2.24, 2.45) is 10.9 Å². The summed E-state index contributed by atoms with van der Waals surface area (Å²) in [6, 6.07) is 5.07. The normalized spacial score (nSPS) is 15.7. The lowest BCUT2D eigenvalue weighted by Gasteiger charge is -2.21. The molecule has 0 aromatic heterocycles. The van der Waals surface area contributed by atoms with Crippen LogP contribution in [0, 0.1) is 11.7 Å². The van der Waals surface area contributed by atoms with E-state index in [2.05, 4.69) is 27.6 Å². The van der Waals surface area contributed by atoms with Crippen LogP contribution in [-0.2, 0) is 4.74 Å². The highest BCUT2D eigenvalue weighted by Crippen LogP contribution is 2.30. The second kappa shape index (κ2) is 11.1. The number of aliphatic imine (C=N–C) groups is 1. The molecule has 7 heteroatoms.